The number of rotatable bonds is 3. The molecule has 0 radical (unpaired) electrons. The summed E-state index contributed by atoms with van der Waals surface area (Å²) in [5.74, 6) is 0.222. The van der Waals surface area contributed by atoms with Crippen LogP contribution < -0.4 is 0 Å². The summed E-state index contributed by atoms with van der Waals surface area (Å²) in [4.78, 5) is 0. The fourth-order valence-corrected chi connectivity index (χ4v) is 3.54. The summed E-state index contributed by atoms with van der Waals surface area (Å²) >= 11 is 6.07. The second-order valence-corrected chi connectivity index (χ2v) is 5.99. The highest BCUT2D eigenvalue weighted by molar-refractivity contribution is 6.18. The number of halogens is 1. The fourth-order valence-electron chi connectivity index (χ4n) is 2.95. The summed E-state index contributed by atoms with van der Waals surface area (Å²) in [6, 6.07) is 0. The minimum Gasteiger partial charge on any atom is -0.387 e. The standard InChI is InChI=1S/C14H23ClO/c1-10(2)12(5)7-8-13(6,11(3)4)14(12,16)9-15/h16H,1,3,7-9H2,2,4-6H3/t12-,13+,14?. The third-order valence-corrected chi connectivity index (χ3v) is 5.41. The minimum atomic E-state index is -0.945. The molecule has 1 aliphatic rings. The molecular weight excluding hydrogens is 220 g/mol. The quantitative estimate of drug-likeness (QED) is 0.588. The van der Waals surface area contributed by atoms with Crippen LogP contribution in [0.1, 0.15) is 40.5 Å². The Labute approximate surface area is 104 Å². The zero-order valence-electron chi connectivity index (χ0n) is 10.9. The van der Waals surface area contributed by atoms with E-state index in [1.807, 2.05) is 13.8 Å². The maximum Gasteiger partial charge on any atom is 0.0962 e. The first-order valence-electron chi connectivity index (χ1n) is 5.76. The Kier molecular flexibility index (Phi) is 3.35. The van der Waals surface area contributed by atoms with E-state index >= 15 is 0 Å². The van der Waals surface area contributed by atoms with E-state index in [-0.39, 0.29) is 16.7 Å². The van der Waals surface area contributed by atoms with Crippen LogP contribution in [-0.4, -0.2) is 16.6 Å². The molecule has 3 atom stereocenters. The molecule has 1 unspecified atom stereocenters. The van der Waals surface area contributed by atoms with E-state index in [1.54, 1.807) is 0 Å². The molecule has 0 aromatic carbocycles. The van der Waals surface area contributed by atoms with E-state index in [2.05, 4.69) is 27.0 Å². The lowest BCUT2D eigenvalue weighted by molar-refractivity contribution is -0.0748. The lowest BCUT2D eigenvalue weighted by Gasteiger charge is -2.48. The van der Waals surface area contributed by atoms with Gasteiger partial charge in [-0.3, -0.25) is 0 Å². The van der Waals surface area contributed by atoms with Crippen LogP contribution in [0.5, 0.6) is 0 Å². The van der Waals surface area contributed by atoms with E-state index in [4.69, 9.17) is 11.6 Å². The van der Waals surface area contributed by atoms with Gasteiger partial charge in [-0.25, -0.2) is 0 Å². The van der Waals surface area contributed by atoms with Gasteiger partial charge in [0.25, 0.3) is 0 Å². The molecule has 0 amide bonds. The van der Waals surface area contributed by atoms with Gasteiger partial charge in [0.05, 0.1) is 11.5 Å². The summed E-state index contributed by atoms with van der Waals surface area (Å²) in [6.07, 6.45) is 1.82. The number of hydrogen-bond donors (Lipinski definition) is 1. The van der Waals surface area contributed by atoms with Crippen LogP contribution in [-0.2, 0) is 0 Å². The normalized spacial score (nSPS) is 43.4. The largest absolute Gasteiger partial charge is 0.387 e. The smallest absolute Gasteiger partial charge is 0.0962 e. The van der Waals surface area contributed by atoms with Crippen LogP contribution in [0.15, 0.2) is 24.3 Å². The maximum atomic E-state index is 11.0. The predicted molar refractivity (Wildman–Crippen MR) is 70.7 cm³/mol. The van der Waals surface area contributed by atoms with Gasteiger partial charge in [0.2, 0.25) is 0 Å². The highest BCUT2D eigenvalue weighted by Crippen LogP contribution is 2.62. The third kappa shape index (κ3) is 1.41. The topological polar surface area (TPSA) is 20.2 Å². The van der Waals surface area contributed by atoms with Gasteiger partial charge in [-0.05, 0) is 26.7 Å². The van der Waals surface area contributed by atoms with Crippen molar-refractivity contribution in [2.45, 2.75) is 46.1 Å². The molecule has 1 fully saturated rings. The van der Waals surface area contributed by atoms with Crippen molar-refractivity contribution in [1.29, 1.82) is 0 Å². The molecule has 0 aromatic rings. The van der Waals surface area contributed by atoms with Crippen molar-refractivity contribution in [3.05, 3.63) is 24.3 Å². The van der Waals surface area contributed by atoms with Gasteiger partial charge in [0, 0.05) is 10.8 Å². The molecule has 0 spiro atoms. The van der Waals surface area contributed by atoms with E-state index < -0.39 is 5.60 Å². The highest BCUT2D eigenvalue weighted by atomic mass is 35.5. The molecule has 16 heavy (non-hydrogen) atoms. The Morgan fingerprint density at radius 1 is 1.12 bits per heavy atom. The van der Waals surface area contributed by atoms with Crippen LogP contribution in [0.2, 0.25) is 0 Å². The molecule has 0 heterocycles. The Morgan fingerprint density at radius 3 is 1.62 bits per heavy atom. The van der Waals surface area contributed by atoms with Crippen molar-refractivity contribution < 1.29 is 5.11 Å². The van der Waals surface area contributed by atoms with Crippen molar-refractivity contribution in [2.75, 3.05) is 5.88 Å². The molecule has 0 aliphatic heterocycles. The van der Waals surface area contributed by atoms with Gasteiger partial charge in [0.15, 0.2) is 0 Å². The van der Waals surface area contributed by atoms with Gasteiger partial charge < -0.3 is 5.11 Å². The summed E-state index contributed by atoms with van der Waals surface area (Å²) in [5.41, 5.74) is 0.422. The molecule has 1 nitrogen and oxygen atoms in total. The second kappa shape index (κ2) is 3.89. The van der Waals surface area contributed by atoms with Crippen LogP contribution in [0.3, 0.4) is 0 Å². The summed E-state index contributed by atoms with van der Waals surface area (Å²) in [6.45, 7) is 16.1. The van der Waals surface area contributed by atoms with Crippen molar-refractivity contribution in [3.63, 3.8) is 0 Å². The van der Waals surface area contributed by atoms with E-state index in [1.165, 1.54) is 0 Å². The zero-order valence-corrected chi connectivity index (χ0v) is 11.6. The van der Waals surface area contributed by atoms with Gasteiger partial charge in [-0.1, -0.05) is 38.2 Å². The molecule has 1 saturated carbocycles. The highest BCUT2D eigenvalue weighted by Gasteiger charge is 2.63. The summed E-state index contributed by atoms with van der Waals surface area (Å²) < 4.78 is 0. The Bertz CT molecular complexity index is 306. The monoisotopic (exact) mass is 242 g/mol. The van der Waals surface area contributed by atoms with Crippen LogP contribution >= 0.6 is 11.6 Å². The van der Waals surface area contributed by atoms with Crippen molar-refractivity contribution >= 4 is 11.6 Å². The Morgan fingerprint density at radius 2 is 1.44 bits per heavy atom. The Hall–Kier alpha value is -0.270. The summed E-state index contributed by atoms with van der Waals surface area (Å²) in [5, 5.41) is 11.0. The van der Waals surface area contributed by atoms with Crippen molar-refractivity contribution in [3.8, 4) is 0 Å². The molecule has 0 bridgehead atoms. The van der Waals surface area contributed by atoms with E-state index in [0.29, 0.717) is 0 Å². The zero-order chi connectivity index (χ0) is 12.8. The predicted octanol–water partition coefficient (Wildman–Crippen LogP) is 3.91. The first-order chi connectivity index (χ1) is 7.15. The molecule has 1 aliphatic carbocycles. The molecular formula is C14H23ClO. The minimum absolute atomic E-state index is 0.222. The van der Waals surface area contributed by atoms with E-state index in [9.17, 15) is 5.11 Å². The lowest BCUT2D eigenvalue weighted by Crippen LogP contribution is -2.54. The molecule has 92 valence electrons. The number of alkyl halides is 1. The van der Waals surface area contributed by atoms with Crippen LogP contribution in [0.4, 0.5) is 0 Å². The summed E-state index contributed by atoms with van der Waals surface area (Å²) in [7, 11) is 0. The van der Waals surface area contributed by atoms with E-state index in [0.717, 1.165) is 24.0 Å². The maximum absolute atomic E-state index is 11.0. The first-order valence-corrected chi connectivity index (χ1v) is 6.29. The molecule has 0 saturated heterocycles. The molecule has 1 N–H and O–H groups in total. The number of hydrogen-bond acceptors (Lipinski definition) is 1. The average Bonchev–Trinajstić information content (AvgIpc) is 2.42. The second-order valence-electron chi connectivity index (χ2n) is 5.72. The SMILES string of the molecule is C=C(C)[C@]1(C)CC[C@](C)(C(=C)C)C1(O)CCl. The fraction of sp³-hybridized carbons (Fsp3) is 0.714. The number of aliphatic hydroxyl groups is 1. The lowest BCUT2D eigenvalue weighted by atomic mass is 9.62. The van der Waals surface area contributed by atoms with Crippen LogP contribution in [0.25, 0.3) is 0 Å². The third-order valence-electron chi connectivity index (χ3n) is 5.03. The van der Waals surface area contributed by atoms with Gasteiger partial charge in [-0.15, -0.1) is 11.6 Å². The average molecular weight is 243 g/mol. The van der Waals surface area contributed by atoms with Gasteiger partial charge in [-0.2, -0.15) is 0 Å². The molecule has 2 heteroatoms. The first kappa shape index (κ1) is 13.8. The van der Waals surface area contributed by atoms with Gasteiger partial charge >= 0.3 is 0 Å². The molecule has 0 aromatic heterocycles. The van der Waals surface area contributed by atoms with Crippen LogP contribution in [0, 0.1) is 10.8 Å². The molecule has 1 rings (SSSR count). The Balaban J connectivity index is 3.35. The van der Waals surface area contributed by atoms with Crippen molar-refractivity contribution in [2.24, 2.45) is 10.8 Å². The van der Waals surface area contributed by atoms with Gasteiger partial charge in [0.1, 0.15) is 0 Å². The van der Waals surface area contributed by atoms with Crippen molar-refractivity contribution in [1.82, 2.24) is 0 Å².